The number of anilines is 1. The fraction of sp³-hybridized carbons (Fsp3) is 0.350. The second-order valence-corrected chi connectivity index (χ2v) is 6.25. The Balaban J connectivity index is 2.15. The molecule has 128 valence electrons. The quantitative estimate of drug-likeness (QED) is 0.783. The lowest BCUT2D eigenvalue weighted by Gasteiger charge is -2.19. The topological polar surface area (TPSA) is 38.3 Å². The lowest BCUT2D eigenvalue weighted by Crippen LogP contribution is -2.31. The largest absolute Gasteiger partial charge is 0.481 e. The van der Waals surface area contributed by atoms with Gasteiger partial charge in [-0.15, -0.1) is 0 Å². The molecule has 24 heavy (non-hydrogen) atoms. The molecule has 0 unspecified atom stereocenters. The minimum absolute atomic E-state index is 0.153. The van der Waals surface area contributed by atoms with Gasteiger partial charge in [-0.2, -0.15) is 0 Å². The molecule has 0 fully saturated rings. The van der Waals surface area contributed by atoms with Gasteiger partial charge < -0.3 is 10.1 Å². The van der Waals surface area contributed by atoms with Gasteiger partial charge in [0.15, 0.2) is 6.10 Å². The molecule has 0 aliphatic rings. The van der Waals surface area contributed by atoms with E-state index in [1.165, 1.54) is 0 Å². The van der Waals surface area contributed by atoms with Crippen molar-refractivity contribution in [2.24, 2.45) is 0 Å². The van der Waals surface area contributed by atoms with Crippen LogP contribution in [0.5, 0.6) is 5.75 Å². The van der Waals surface area contributed by atoms with Crippen LogP contribution in [0.25, 0.3) is 0 Å². The summed E-state index contributed by atoms with van der Waals surface area (Å²) in [6.07, 6.45) is 1.14. The number of amides is 1. The number of hydrogen-bond acceptors (Lipinski definition) is 2. The third-order valence-electron chi connectivity index (χ3n) is 4.06. The van der Waals surface area contributed by atoms with Crippen LogP contribution in [-0.2, 0) is 17.6 Å². The number of carbonyl (C=O) groups excluding carboxylic acids is 1. The molecular formula is C20H24ClNO2. The highest BCUT2D eigenvalue weighted by Crippen LogP contribution is 2.25. The van der Waals surface area contributed by atoms with E-state index >= 15 is 0 Å². The maximum atomic E-state index is 12.6. The first-order chi connectivity index (χ1) is 11.5. The fourth-order valence-electron chi connectivity index (χ4n) is 2.62. The van der Waals surface area contributed by atoms with Gasteiger partial charge in [-0.1, -0.05) is 43.6 Å². The van der Waals surface area contributed by atoms with Crippen molar-refractivity contribution in [1.82, 2.24) is 0 Å². The third kappa shape index (κ3) is 4.30. The molecule has 3 nitrogen and oxygen atoms in total. The molecule has 0 aromatic heterocycles. The zero-order valence-corrected chi connectivity index (χ0v) is 15.4. The summed E-state index contributed by atoms with van der Waals surface area (Å²) < 4.78 is 5.81. The van der Waals surface area contributed by atoms with Crippen LogP contribution in [0.2, 0.25) is 5.02 Å². The summed E-state index contributed by atoms with van der Waals surface area (Å²) in [5.74, 6) is 0.515. The van der Waals surface area contributed by atoms with Gasteiger partial charge in [0.05, 0.1) is 0 Å². The number of nitrogens with one attached hydrogen (secondary N) is 1. The molecule has 2 aromatic carbocycles. The van der Waals surface area contributed by atoms with Crippen LogP contribution in [-0.4, -0.2) is 12.0 Å². The summed E-state index contributed by atoms with van der Waals surface area (Å²) in [5, 5.41) is 3.70. The fourth-order valence-corrected chi connectivity index (χ4v) is 2.84. The van der Waals surface area contributed by atoms with Crippen molar-refractivity contribution in [3.63, 3.8) is 0 Å². The van der Waals surface area contributed by atoms with Crippen molar-refractivity contribution in [3.8, 4) is 5.75 Å². The van der Waals surface area contributed by atoms with Crippen LogP contribution in [0.4, 0.5) is 5.69 Å². The van der Waals surface area contributed by atoms with Gasteiger partial charge in [0.2, 0.25) is 0 Å². The molecule has 0 aliphatic heterocycles. The van der Waals surface area contributed by atoms with Crippen LogP contribution >= 0.6 is 11.6 Å². The highest BCUT2D eigenvalue weighted by molar-refractivity contribution is 6.30. The molecule has 1 N–H and O–H groups in total. The Kier molecular flexibility index (Phi) is 6.27. The molecule has 0 radical (unpaired) electrons. The molecule has 1 atom stereocenters. The summed E-state index contributed by atoms with van der Waals surface area (Å²) in [6, 6.07) is 11.5. The molecule has 0 saturated heterocycles. The Bertz CT molecular complexity index is 705. The van der Waals surface area contributed by atoms with E-state index in [0.717, 1.165) is 35.2 Å². The Labute approximate surface area is 149 Å². The first-order valence-corrected chi connectivity index (χ1v) is 8.68. The van der Waals surface area contributed by atoms with Crippen LogP contribution in [0.15, 0.2) is 36.4 Å². The Morgan fingerprint density at radius 2 is 1.79 bits per heavy atom. The van der Waals surface area contributed by atoms with E-state index in [2.05, 4.69) is 19.2 Å². The number of ether oxygens (including phenoxy) is 1. The minimum Gasteiger partial charge on any atom is -0.481 e. The molecule has 0 bridgehead atoms. The average Bonchev–Trinajstić information content (AvgIpc) is 2.57. The Morgan fingerprint density at radius 1 is 1.17 bits per heavy atom. The first-order valence-electron chi connectivity index (χ1n) is 8.30. The Morgan fingerprint density at radius 3 is 2.33 bits per heavy atom. The maximum absolute atomic E-state index is 12.6. The minimum atomic E-state index is -0.598. The SMILES string of the molecule is CCc1cccc(CC)c1NC(=O)[C@@H](C)Oc1ccc(Cl)cc1C. The smallest absolute Gasteiger partial charge is 0.265 e. The van der Waals surface area contributed by atoms with Gasteiger partial charge in [-0.3, -0.25) is 4.79 Å². The van der Waals surface area contributed by atoms with E-state index < -0.39 is 6.10 Å². The molecule has 0 heterocycles. The average molecular weight is 346 g/mol. The monoisotopic (exact) mass is 345 g/mol. The molecule has 0 saturated carbocycles. The van der Waals surface area contributed by atoms with Gasteiger partial charge in [-0.25, -0.2) is 0 Å². The third-order valence-corrected chi connectivity index (χ3v) is 4.29. The molecular weight excluding hydrogens is 322 g/mol. The predicted octanol–water partition coefficient (Wildman–Crippen LogP) is 5.18. The van der Waals surface area contributed by atoms with E-state index in [4.69, 9.17) is 16.3 Å². The Hall–Kier alpha value is -2.00. The predicted molar refractivity (Wildman–Crippen MR) is 100 cm³/mol. The molecule has 0 spiro atoms. The maximum Gasteiger partial charge on any atom is 0.265 e. The number of aryl methyl sites for hydroxylation is 3. The molecule has 1 amide bonds. The number of para-hydroxylation sites is 1. The normalized spacial score (nSPS) is 11.9. The summed E-state index contributed by atoms with van der Waals surface area (Å²) in [6.45, 7) is 7.83. The molecule has 0 aliphatic carbocycles. The van der Waals surface area contributed by atoms with Crippen LogP contribution in [0.1, 0.15) is 37.5 Å². The van der Waals surface area contributed by atoms with Crippen LogP contribution < -0.4 is 10.1 Å². The van der Waals surface area contributed by atoms with E-state index in [0.29, 0.717) is 10.8 Å². The molecule has 2 rings (SSSR count). The highest BCUT2D eigenvalue weighted by atomic mass is 35.5. The number of rotatable bonds is 6. The second-order valence-electron chi connectivity index (χ2n) is 5.82. The van der Waals surface area contributed by atoms with Crippen LogP contribution in [0.3, 0.4) is 0 Å². The lowest BCUT2D eigenvalue weighted by molar-refractivity contribution is -0.122. The zero-order chi connectivity index (χ0) is 17.7. The first kappa shape index (κ1) is 18.3. The van der Waals surface area contributed by atoms with Gasteiger partial charge in [0.25, 0.3) is 5.91 Å². The van der Waals surface area contributed by atoms with Crippen molar-refractivity contribution >= 4 is 23.2 Å². The number of hydrogen-bond donors (Lipinski definition) is 1. The van der Waals surface area contributed by atoms with E-state index in [9.17, 15) is 4.79 Å². The highest BCUT2D eigenvalue weighted by Gasteiger charge is 2.18. The molecule has 2 aromatic rings. The number of carbonyl (C=O) groups is 1. The molecule has 4 heteroatoms. The summed E-state index contributed by atoms with van der Waals surface area (Å²) >= 11 is 5.96. The van der Waals surface area contributed by atoms with Crippen molar-refractivity contribution in [2.45, 2.75) is 46.6 Å². The lowest BCUT2D eigenvalue weighted by atomic mass is 10.0. The van der Waals surface area contributed by atoms with Crippen molar-refractivity contribution < 1.29 is 9.53 Å². The van der Waals surface area contributed by atoms with Gasteiger partial charge >= 0.3 is 0 Å². The standard InChI is InChI=1S/C20H24ClNO2/c1-5-15-8-7-9-16(6-2)19(15)22-20(23)14(4)24-18-11-10-17(21)12-13(18)3/h7-12,14H,5-6H2,1-4H3,(H,22,23)/t14-/m1/s1. The number of benzene rings is 2. The van der Waals surface area contributed by atoms with E-state index in [1.807, 2.05) is 31.2 Å². The van der Waals surface area contributed by atoms with E-state index in [1.54, 1.807) is 19.1 Å². The van der Waals surface area contributed by atoms with Crippen molar-refractivity contribution in [2.75, 3.05) is 5.32 Å². The van der Waals surface area contributed by atoms with Crippen molar-refractivity contribution in [1.29, 1.82) is 0 Å². The van der Waals surface area contributed by atoms with E-state index in [-0.39, 0.29) is 5.91 Å². The summed E-state index contributed by atoms with van der Waals surface area (Å²) in [7, 11) is 0. The second kappa shape index (κ2) is 8.20. The summed E-state index contributed by atoms with van der Waals surface area (Å²) in [4.78, 5) is 12.6. The van der Waals surface area contributed by atoms with Gasteiger partial charge in [0, 0.05) is 10.7 Å². The van der Waals surface area contributed by atoms with Gasteiger partial charge in [0.1, 0.15) is 5.75 Å². The van der Waals surface area contributed by atoms with Gasteiger partial charge in [-0.05, 0) is 61.6 Å². The zero-order valence-electron chi connectivity index (χ0n) is 14.7. The van der Waals surface area contributed by atoms with Crippen LogP contribution in [0, 0.1) is 6.92 Å². The summed E-state index contributed by atoms with van der Waals surface area (Å²) in [5.41, 5.74) is 4.09. The number of halogens is 1. The van der Waals surface area contributed by atoms with Crippen molar-refractivity contribution in [3.05, 3.63) is 58.1 Å².